The second-order valence-electron chi connectivity index (χ2n) is 8.73. The maximum atomic E-state index is 11.5. The van der Waals surface area contributed by atoms with Crippen LogP contribution < -0.4 is 10.1 Å². The quantitative estimate of drug-likeness (QED) is 0.367. The molecule has 1 heterocycles. The molecule has 3 rings (SSSR count). The van der Waals surface area contributed by atoms with E-state index in [0.29, 0.717) is 25.5 Å². The van der Waals surface area contributed by atoms with Crippen LogP contribution in [-0.2, 0) is 17.8 Å². The van der Waals surface area contributed by atoms with Gasteiger partial charge in [-0.15, -0.1) is 0 Å². The van der Waals surface area contributed by atoms with Crippen LogP contribution in [0.2, 0.25) is 0 Å². The van der Waals surface area contributed by atoms with Crippen LogP contribution in [-0.4, -0.2) is 28.6 Å². The summed E-state index contributed by atoms with van der Waals surface area (Å²) in [5.74, 6) is 2.67. The minimum atomic E-state index is 0.104. The van der Waals surface area contributed by atoms with Crippen LogP contribution in [0.3, 0.4) is 0 Å². The molecular formula is C27H37N3O2. The van der Waals surface area contributed by atoms with Gasteiger partial charge in [0.15, 0.2) is 0 Å². The van der Waals surface area contributed by atoms with Crippen LogP contribution in [0, 0.1) is 6.92 Å². The Hall–Kier alpha value is -2.82. The standard InChI is InChI=1S/C27H37N3O2/c1-5-27(31)28-16-10-13-26-29-23-11-6-7-12-24(23)30(26)17-8-9-18-32-25-19-21(4)14-15-22(25)20(2)3/h6-7,11-12,14-15,19-20H,5,8-10,13,16-18H2,1-4H3,(H,28,31). The molecule has 2 aromatic carbocycles. The van der Waals surface area contributed by atoms with Crippen LogP contribution in [0.1, 0.15) is 69.3 Å². The molecule has 5 heteroatoms. The lowest BCUT2D eigenvalue weighted by Crippen LogP contribution is -2.23. The highest BCUT2D eigenvalue weighted by atomic mass is 16.5. The number of ether oxygens (including phenoxy) is 1. The average molecular weight is 436 g/mol. The van der Waals surface area contributed by atoms with E-state index in [-0.39, 0.29) is 5.91 Å². The molecule has 0 atom stereocenters. The molecule has 3 aromatic rings. The van der Waals surface area contributed by atoms with Gasteiger partial charge in [-0.1, -0.05) is 45.0 Å². The molecule has 1 N–H and O–H groups in total. The molecule has 0 fully saturated rings. The third kappa shape index (κ3) is 6.35. The normalized spacial score (nSPS) is 11.3. The van der Waals surface area contributed by atoms with Crippen LogP contribution in [0.5, 0.6) is 5.75 Å². The summed E-state index contributed by atoms with van der Waals surface area (Å²) in [6.45, 7) is 10.7. The number of aryl methyl sites for hydroxylation is 3. The minimum Gasteiger partial charge on any atom is -0.493 e. The maximum absolute atomic E-state index is 11.5. The molecule has 1 amide bonds. The summed E-state index contributed by atoms with van der Waals surface area (Å²) >= 11 is 0. The Morgan fingerprint density at radius 2 is 1.94 bits per heavy atom. The van der Waals surface area contributed by atoms with Crippen molar-refractivity contribution in [3.63, 3.8) is 0 Å². The third-order valence-corrected chi connectivity index (χ3v) is 5.78. The number of hydrogen-bond donors (Lipinski definition) is 1. The van der Waals surface area contributed by atoms with E-state index >= 15 is 0 Å². The molecule has 0 unspecified atom stereocenters. The number of amides is 1. The number of carbonyl (C=O) groups excluding carboxylic acids is 1. The molecular weight excluding hydrogens is 398 g/mol. The van der Waals surface area contributed by atoms with Crippen molar-refractivity contribution in [1.29, 1.82) is 0 Å². The molecule has 0 spiro atoms. The number of rotatable bonds is 12. The van der Waals surface area contributed by atoms with Crippen molar-refractivity contribution >= 4 is 16.9 Å². The van der Waals surface area contributed by atoms with Crippen LogP contribution >= 0.6 is 0 Å². The number of benzene rings is 2. The third-order valence-electron chi connectivity index (χ3n) is 5.78. The van der Waals surface area contributed by atoms with E-state index in [2.05, 4.69) is 67.1 Å². The van der Waals surface area contributed by atoms with Gasteiger partial charge in [-0.05, 0) is 61.4 Å². The second kappa shape index (κ2) is 11.7. The van der Waals surface area contributed by atoms with Gasteiger partial charge in [-0.3, -0.25) is 4.79 Å². The summed E-state index contributed by atoms with van der Waals surface area (Å²) in [5, 5.41) is 2.96. The number of fused-ring (bicyclic) bond motifs is 1. The summed E-state index contributed by atoms with van der Waals surface area (Å²) < 4.78 is 8.50. The number of para-hydroxylation sites is 2. The first-order valence-corrected chi connectivity index (χ1v) is 11.9. The number of aromatic nitrogens is 2. The molecule has 32 heavy (non-hydrogen) atoms. The van der Waals surface area contributed by atoms with Crippen molar-refractivity contribution in [2.75, 3.05) is 13.2 Å². The number of nitrogens with zero attached hydrogens (tertiary/aromatic N) is 2. The summed E-state index contributed by atoms with van der Waals surface area (Å²) in [5.41, 5.74) is 4.72. The zero-order valence-corrected chi connectivity index (χ0v) is 20.0. The summed E-state index contributed by atoms with van der Waals surface area (Å²) in [6, 6.07) is 14.8. The highest BCUT2D eigenvalue weighted by molar-refractivity contribution is 5.76. The maximum Gasteiger partial charge on any atom is 0.219 e. The number of nitrogens with one attached hydrogen (secondary N) is 1. The molecule has 0 saturated heterocycles. The Kier molecular flexibility index (Phi) is 8.72. The van der Waals surface area contributed by atoms with Gasteiger partial charge in [0, 0.05) is 25.9 Å². The number of imidazole rings is 1. The Morgan fingerprint density at radius 3 is 2.72 bits per heavy atom. The highest BCUT2D eigenvalue weighted by Crippen LogP contribution is 2.27. The van der Waals surface area contributed by atoms with Gasteiger partial charge in [0.2, 0.25) is 5.91 Å². The lowest BCUT2D eigenvalue weighted by molar-refractivity contribution is -0.120. The van der Waals surface area contributed by atoms with Gasteiger partial charge in [-0.25, -0.2) is 4.98 Å². The highest BCUT2D eigenvalue weighted by Gasteiger charge is 2.11. The lowest BCUT2D eigenvalue weighted by atomic mass is 10.0. The predicted molar refractivity (Wildman–Crippen MR) is 131 cm³/mol. The number of hydrogen-bond acceptors (Lipinski definition) is 3. The van der Waals surface area contributed by atoms with Crippen molar-refractivity contribution in [2.24, 2.45) is 0 Å². The Bertz CT molecular complexity index is 1020. The minimum absolute atomic E-state index is 0.104. The summed E-state index contributed by atoms with van der Waals surface area (Å²) in [4.78, 5) is 16.3. The fraction of sp³-hybridized carbons (Fsp3) is 0.481. The Balaban J connectivity index is 1.56. The molecule has 172 valence electrons. The van der Waals surface area contributed by atoms with E-state index in [1.54, 1.807) is 0 Å². The van der Waals surface area contributed by atoms with E-state index < -0.39 is 0 Å². The van der Waals surface area contributed by atoms with E-state index in [4.69, 9.17) is 9.72 Å². The van der Waals surface area contributed by atoms with Gasteiger partial charge < -0.3 is 14.6 Å². The van der Waals surface area contributed by atoms with E-state index in [9.17, 15) is 4.79 Å². The zero-order valence-electron chi connectivity index (χ0n) is 20.0. The van der Waals surface area contributed by atoms with Crippen molar-refractivity contribution in [3.05, 3.63) is 59.4 Å². The van der Waals surface area contributed by atoms with E-state index in [1.807, 2.05) is 13.0 Å². The van der Waals surface area contributed by atoms with Gasteiger partial charge in [-0.2, -0.15) is 0 Å². The van der Waals surface area contributed by atoms with E-state index in [1.165, 1.54) is 16.6 Å². The number of unbranched alkanes of at least 4 members (excludes halogenated alkanes) is 1. The van der Waals surface area contributed by atoms with Gasteiger partial charge >= 0.3 is 0 Å². The topological polar surface area (TPSA) is 56.2 Å². The van der Waals surface area contributed by atoms with Crippen LogP contribution in [0.15, 0.2) is 42.5 Å². The first-order valence-electron chi connectivity index (χ1n) is 11.9. The molecule has 1 aromatic heterocycles. The second-order valence-corrected chi connectivity index (χ2v) is 8.73. The molecule has 0 bridgehead atoms. The molecule has 0 aliphatic heterocycles. The fourth-order valence-corrected chi connectivity index (χ4v) is 3.96. The molecule has 0 radical (unpaired) electrons. The van der Waals surface area contributed by atoms with Gasteiger partial charge in [0.25, 0.3) is 0 Å². The van der Waals surface area contributed by atoms with Crippen molar-refractivity contribution in [3.8, 4) is 5.75 Å². The van der Waals surface area contributed by atoms with Gasteiger partial charge in [0.1, 0.15) is 11.6 Å². The van der Waals surface area contributed by atoms with Crippen molar-refractivity contribution in [2.45, 2.75) is 72.3 Å². The zero-order chi connectivity index (χ0) is 22.9. The van der Waals surface area contributed by atoms with Crippen LogP contribution in [0.4, 0.5) is 0 Å². The van der Waals surface area contributed by atoms with Crippen molar-refractivity contribution < 1.29 is 9.53 Å². The van der Waals surface area contributed by atoms with Crippen LogP contribution in [0.25, 0.3) is 11.0 Å². The molecule has 0 saturated carbocycles. The van der Waals surface area contributed by atoms with Crippen molar-refractivity contribution in [1.82, 2.24) is 14.9 Å². The smallest absolute Gasteiger partial charge is 0.219 e. The predicted octanol–water partition coefficient (Wildman–Crippen LogP) is 5.79. The first kappa shape index (κ1) is 23.8. The molecule has 5 nitrogen and oxygen atoms in total. The Morgan fingerprint density at radius 1 is 1.12 bits per heavy atom. The summed E-state index contributed by atoms with van der Waals surface area (Å²) in [6.07, 6.45) is 4.30. The number of carbonyl (C=O) groups is 1. The first-order chi connectivity index (χ1) is 15.5. The Labute approximate surface area is 192 Å². The molecule has 0 aliphatic rings. The molecule has 0 aliphatic carbocycles. The monoisotopic (exact) mass is 435 g/mol. The van der Waals surface area contributed by atoms with Gasteiger partial charge in [0.05, 0.1) is 17.6 Å². The van der Waals surface area contributed by atoms with E-state index in [0.717, 1.165) is 49.3 Å². The largest absolute Gasteiger partial charge is 0.493 e. The SMILES string of the molecule is CCC(=O)NCCCc1nc2ccccc2n1CCCCOc1cc(C)ccc1C(C)C. The lowest BCUT2D eigenvalue weighted by Gasteiger charge is -2.15. The average Bonchev–Trinajstić information content (AvgIpc) is 3.13. The fourth-order valence-electron chi connectivity index (χ4n) is 3.96. The summed E-state index contributed by atoms with van der Waals surface area (Å²) in [7, 11) is 0.